The third-order valence-electron chi connectivity index (χ3n) is 17.6. The second kappa shape index (κ2) is 45.9. The summed E-state index contributed by atoms with van der Waals surface area (Å²) in [7, 11) is -6.92. The maximum absolute atomic E-state index is 14.2. The Labute approximate surface area is 550 Å². The monoisotopic (exact) mass is 1270 g/mol. The van der Waals surface area contributed by atoms with Gasteiger partial charge in [-0.25, -0.2) is 0 Å². The highest BCUT2D eigenvalue weighted by Gasteiger charge is 2.27. The number of hydrogen-bond acceptors (Lipinski definition) is 8. The number of fused-ring (bicyclic) bond motifs is 2. The molecule has 0 saturated carbocycles. The molecule has 0 aliphatic heterocycles. The minimum atomic E-state index is -3.46. The van der Waals surface area contributed by atoms with Crippen molar-refractivity contribution in [1.82, 2.24) is 0 Å². The fourth-order valence-electron chi connectivity index (χ4n) is 12.5. The van der Waals surface area contributed by atoms with Crippen molar-refractivity contribution in [2.45, 2.75) is 273 Å². The SMILES string of the molecule is CCCCCCCCCCN(CCCCCCCCCC)c1ccc(C#Cc2c3ccc(CP(=O)(OCC)OCC)cc3c(C#Cc3ccc(N(CCCCCCCCCC)CCCCCCCCCC)cc3)c3ccc(CP(=O)(OCC)OCC)cc23)cc1. The Bertz CT molecular complexity index is 2710. The van der Waals surface area contributed by atoms with Gasteiger partial charge in [0, 0.05) is 59.8 Å². The first kappa shape index (κ1) is 76.4. The van der Waals surface area contributed by atoms with Crippen LogP contribution in [0.5, 0.6) is 0 Å². The van der Waals surface area contributed by atoms with Gasteiger partial charge >= 0.3 is 15.2 Å². The van der Waals surface area contributed by atoms with Crippen molar-refractivity contribution >= 4 is 48.1 Å². The number of unbranched alkanes of at least 4 members (excludes halogenated alkanes) is 28. The van der Waals surface area contributed by atoms with Gasteiger partial charge in [-0.2, -0.15) is 0 Å². The fourth-order valence-corrected chi connectivity index (χ4v) is 15.9. The lowest BCUT2D eigenvalue weighted by molar-refractivity contribution is 0.218. The van der Waals surface area contributed by atoms with E-state index in [0.717, 1.165) is 81.1 Å². The smallest absolute Gasteiger partial charge is 0.335 e. The summed E-state index contributed by atoms with van der Waals surface area (Å²) < 4.78 is 51.8. The van der Waals surface area contributed by atoms with Crippen molar-refractivity contribution < 1.29 is 27.2 Å². The molecule has 0 unspecified atom stereocenters. The summed E-state index contributed by atoms with van der Waals surface area (Å²) in [5.41, 5.74) is 7.72. The van der Waals surface area contributed by atoms with E-state index < -0.39 is 15.2 Å². The molecule has 5 rings (SSSR count). The molecule has 0 atom stereocenters. The predicted octanol–water partition coefficient (Wildman–Crippen LogP) is 24.5. The standard InChI is InChI=1S/C80H122N2O6P2/c1-9-17-21-25-29-33-37-41-61-81(62-42-38-34-30-26-22-18-10-2)73-53-45-69(46-54-73)49-57-75-77-59-51-72(68-90(84,87-15-7)88-16-8)66-80(77)76(78-60-52-71(65-79(75)78)67-89(83,85-13-5)86-14-6)58-50-70-47-55-74(56-48-70)82(63-43-39-35-31-27-23-19-11-3)64-44-40-36-32-28-24-20-12-4/h45-48,51-56,59-60,65-66H,9-44,61-64,67-68H2,1-8H3. The molecule has 0 bridgehead atoms. The Morgan fingerprint density at radius 1 is 0.300 bits per heavy atom. The number of nitrogens with zero attached hydrogens (tertiary/aromatic N) is 2. The highest BCUT2D eigenvalue weighted by molar-refractivity contribution is 7.53. The van der Waals surface area contributed by atoms with Gasteiger partial charge in [-0.15, -0.1) is 0 Å². The summed E-state index contributed by atoms with van der Waals surface area (Å²) >= 11 is 0. The van der Waals surface area contributed by atoms with E-state index in [1.165, 1.54) is 217 Å². The maximum atomic E-state index is 14.2. The summed E-state index contributed by atoms with van der Waals surface area (Å²) in [5.74, 6) is 14.6. The average Bonchev–Trinajstić information content (AvgIpc) is 0.800. The molecular weight excluding hydrogens is 1150 g/mol. The Balaban J connectivity index is 1.57. The van der Waals surface area contributed by atoms with Crippen LogP contribution < -0.4 is 9.80 Å². The lowest BCUT2D eigenvalue weighted by atomic mass is 9.90. The Hall–Kier alpha value is -4.36. The molecule has 0 aliphatic carbocycles. The van der Waals surface area contributed by atoms with Crippen LogP contribution in [0.2, 0.25) is 0 Å². The van der Waals surface area contributed by atoms with E-state index in [1.807, 2.05) is 39.8 Å². The van der Waals surface area contributed by atoms with Gasteiger partial charge in [0.25, 0.3) is 0 Å². The molecule has 5 aromatic carbocycles. The van der Waals surface area contributed by atoms with E-state index >= 15 is 0 Å². The lowest BCUT2D eigenvalue weighted by Gasteiger charge is -2.25. The highest BCUT2D eigenvalue weighted by Crippen LogP contribution is 2.53. The first-order chi connectivity index (χ1) is 44.1. The molecular formula is C80H122N2O6P2. The molecule has 0 fully saturated rings. The average molecular weight is 1270 g/mol. The minimum Gasteiger partial charge on any atom is -0.372 e. The zero-order chi connectivity index (χ0) is 64.3. The third-order valence-corrected chi connectivity index (χ3v) is 21.7. The molecule has 0 radical (unpaired) electrons. The molecule has 0 aliphatic rings. The van der Waals surface area contributed by atoms with Gasteiger partial charge in [-0.05, 0) is 147 Å². The number of anilines is 2. The molecule has 0 saturated heterocycles. The summed E-state index contributed by atoms with van der Waals surface area (Å²) in [4.78, 5) is 5.23. The Morgan fingerprint density at radius 2 is 0.556 bits per heavy atom. The van der Waals surface area contributed by atoms with Gasteiger partial charge < -0.3 is 27.9 Å². The van der Waals surface area contributed by atoms with Crippen LogP contribution in [0.1, 0.15) is 294 Å². The van der Waals surface area contributed by atoms with Gasteiger partial charge in [0.1, 0.15) is 0 Å². The molecule has 90 heavy (non-hydrogen) atoms. The first-order valence-electron chi connectivity index (χ1n) is 36.6. The van der Waals surface area contributed by atoms with Gasteiger partial charge in [0.05, 0.1) is 38.8 Å². The molecule has 0 amide bonds. The van der Waals surface area contributed by atoms with Crippen LogP contribution in [-0.4, -0.2) is 52.6 Å². The second-order valence-corrected chi connectivity index (χ2v) is 29.3. The quantitative estimate of drug-likeness (QED) is 0.0165. The summed E-state index contributed by atoms with van der Waals surface area (Å²) in [6, 6.07) is 30.3. The van der Waals surface area contributed by atoms with Crippen LogP contribution >= 0.6 is 15.2 Å². The highest BCUT2D eigenvalue weighted by atomic mass is 31.2. The Morgan fingerprint density at radius 3 is 0.811 bits per heavy atom. The van der Waals surface area contributed by atoms with Crippen molar-refractivity contribution in [2.75, 3.05) is 62.4 Å². The van der Waals surface area contributed by atoms with Gasteiger partial charge in [-0.3, -0.25) is 9.13 Å². The number of hydrogen-bond donors (Lipinski definition) is 0. The fraction of sp³-hybridized carbons (Fsp3) is 0.625. The summed E-state index contributed by atoms with van der Waals surface area (Å²) in [6.07, 6.45) is 42.2. The normalized spacial score (nSPS) is 11.7. The van der Waals surface area contributed by atoms with E-state index in [1.54, 1.807) is 0 Å². The van der Waals surface area contributed by atoms with E-state index in [9.17, 15) is 9.13 Å². The van der Waals surface area contributed by atoms with E-state index in [0.29, 0.717) is 0 Å². The second-order valence-electron chi connectivity index (χ2n) is 25.2. The predicted molar refractivity (Wildman–Crippen MR) is 390 cm³/mol. The molecule has 0 N–H and O–H groups in total. The molecule has 498 valence electrons. The molecule has 0 aromatic heterocycles. The van der Waals surface area contributed by atoms with Crippen LogP contribution in [0.25, 0.3) is 21.5 Å². The topological polar surface area (TPSA) is 77.5 Å². The molecule has 5 aromatic rings. The molecule has 0 heterocycles. The largest absolute Gasteiger partial charge is 0.372 e. The van der Waals surface area contributed by atoms with Crippen LogP contribution in [0.15, 0.2) is 84.9 Å². The molecule has 8 nitrogen and oxygen atoms in total. The van der Waals surface area contributed by atoms with Crippen LogP contribution in [0.4, 0.5) is 11.4 Å². The van der Waals surface area contributed by atoms with Crippen molar-refractivity contribution in [3.8, 4) is 23.7 Å². The number of benzene rings is 5. The van der Waals surface area contributed by atoms with E-state index in [2.05, 4.69) is 134 Å². The summed E-state index contributed by atoms with van der Waals surface area (Å²) in [5, 5.41) is 3.66. The van der Waals surface area contributed by atoms with Crippen molar-refractivity contribution in [3.05, 3.63) is 118 Å². The lowest BCUT2D eigenvalue weighted by Crippen LogP contribution is -2.25. The third kappa shape index (κ3) is 28.5. The zero-order valence-electron chi connectivity index (χ0n) is 58.0. The van der Waals surface area contributed by atoms with Crippen molar-refractivity contribution in [1.29, 1.82) is 0 Å². The van der Waals surface area contributed by atoms with Gasteiger partial charge in [0.15, 0.2) is 0 Å². The van der Waals surface area contributed by atoms with E-state index in [4.69, 9.17) is 18.1 Å². The molecule has 10 heteroatoms. The van der Waals surface area contributed by atoms with Crippen LogP contribution in [-0.2, 0) is 39.5 Å². The Kier molecular flexibility index (Phi) is 38.9. The van der Waals surface area contributed by atoms with Gasteiger partial charge in [0.2, 0.25) is 0 Å². The first-order valence-corrected chi connectivity index (χ1v) is 40.0. The van der Waals surface area contributed by atoms with Crippen molar-refractivity contribution in [3.63, 3.8) is 0 Å². The van der Waals surface area contributed by atoms with E-state index in [-0.39, 0.29) is 38.8 Å². The zero-order valence-corrected chi connectivity index (χ0v) is 59.8. The summed E-state index contributed by atoms with van der Waals surface area (Å²) in [6.45, 7) is 22.0. The van der Waals surface area contributed by atoms with Gasteiger partial charge in [-0.1, -0.05) is 255 Å². The minimum absolute atomic E-state index is 0.122. The maximum Gasteiger partial charge on any atom is 0.335 e. The molecule has 0 spiro atoms. The van der Waals surface area contributed by atoms with Crippen LogP contribution in [0, 0.1) is 23.7 Å². The number of rotatable bonds is 50. The van der Waals surface area contributed by atoms with Crippen LogP contribution in [0.3, 0.4) is 0 Å². The van der Waals surface area contributed by atoms with Crippen molar-refractivity contribution in [2.24, 2.45) is 0 Å².